The van der Waals surface area contributed by atoms with Gasteiger partial charge in [0.25, 0.3) is 0 Å². The summed E-state index contributed by atoms with van der Waals surface area (Å²) in [4.78, 5) is 1.37. The number of thiophene rings is 1. The Labute approximate surface area is 102 Å². The van der Waals surface area contributed by atoms with Crippen LogP contribution in [0.2, 0.25) is 0 Å². The smallest absolute Gasteiger partial charge is 0.0357 e. The van der Waals surface area contributed by atoms with Crippen LogP contribution in [0.4, 0.5) is 0 Å². The van der Waals surface area contributed by atoms with Crippen molar-refractivity contribution in [3.63, 3.8) is 0 Å². The van der Waals surface area contributed by atoms with Gasteiger partial charge in [0.2, 0.25) is 0 Å². The third-order valence-electron chi connectivity index (χ3n) is 2.80. The van der Waals surface area contributed by atoms with E-state index in [1.54, 1.807) is 0 Å². The Morgan fingerprint density at radius 3 is 3.00 bits per heavy atom. The Balaban J connectivity index is 2.16. The maximum absolute atomic E-state index is 3.51. The maximum atomic E-state index is 3.51. The minimum absolute atomic E-state index is 1.18. The fraction of sp³-hybridized carbons (Fsp3) is 0.154. The predicted octanol–water partition coefficient (Wildman–Crippen LogP) is 4.68. The van der Waals surface area contributed by atoms with Crippen LogP contribution in [0.15, 0.2) is 34.1 Å². The van der Waals surface area contributed by atoms with Crippen molar-refractivity contribution >= 4 is 27.3 Å². The molecule has 0 aliphatic heterocycles. The van der Waals surface area contributed by atoms with Gasteiger partial charge in [-0.3, -0.25) is 0 Å². The first-order valence-electron chi connectivity index (χ1n) is 5.04. The second kappa shape index (κ2) is 3.76. The van der Waals surface area contributed by atoms with E-state index in [4.69, 9.17) is 0 Å². The Bertz CT molecular complexity index is 499. The van der Waals surface area contributed by atoms with Crippen molar-refractivity contribution in [2.45, 2.75) is 12.8 Å². The zero-order chi connectivity index (χ0) is 10.3. The van der Waals surface area contributed by atoms with Gasteiger partial charge in [-0.15, -0.1) is 11.3 Å². The highest BCUT2D eigenvalue weighted by atomic mass is 79.9. The van der Waals surface area contributed by atoms with Crippen molar-refractivity contribution in [1.29, 1.82) is 0 Å². The predicted molar refractivity (Wildman–Crippen MR) is 69.2 cm³/mol. The zero-order valence-corrected chi connectivity index (χ0v) is 10.6. The molecule has 15 heavy (non-hydrogen) atoms. The van der Waals surface area contributed by atoms with Crippen LogP contribution in [0.3, 0.4) is 0 Å². The third kappa shape index (κ3) is 1.66. The molecule has 0 nitrogen and oxygen atoms in total. The lowest BCUT2D eigenvalue weighted by Gasteiger charge is -2.05. The van der Waals surface area contributed by atoms with Crippen molar-refractivity contribution in [2.75, 3.05) is 0 Å². The molecular weight excluding hydrogens is 268 g/mol. The van der Waals surface area contributed by atoms with E-state index in [1.165, 1.54) is 38.9 Å². The Morgan fingerprint density at radius 2 is 2.20 bits per heavy atom. The molecule has 0 N–H and O–H groups in total. The fourth-order valence-electron chi connectivity index (χ4n) is 2.13. The number of hydrogen-bond acceptors (Lipinski definition) is 1. The van der Waals surface area contributed by atoms with E-state index in [0.717, 1.165) is 0 Å². The molecule has 1 aliphatic rings. The van der Waals surface area contributed by atoms with Gasteiger partial charge in [-0.25, -0.2) is 0 Å². The van der Waals surface area contributed by atoms with Crippen LogP contribution < -0.4 is 0 Å². The summed E-state index contributed by atoms with van der Waals surface area (Å²) in [6.07, 6.45) is 4.72. The van der Waals surface area contributed by atoms with Crippen LogP contribution in [0, 0.1) is 6.42 Å². The number of rotatable bonds is 1. The highest BCUT2D eigenvalue weighted by molar-refractivity contribution is 9.10. The molecule has 0 fully saturated rings. The monoisotopic (exact) mass is 277 g/mol. The summed E-state index contributed by atoms with van der Waals surface area (Å²) in [5.74, 6) is 0. The summed E-state index contributed by atoms with van der Waals surface area (Å²) in [6.45, 7) is 0. The molecule has 0 spiro atoms. The van der Waals surface area contributed by atoms with Crippen LogP contribution in [0.25, 0.3) is 10.4 Å². The lowest BCUT2D eigenvalue weighted by molar-refractivity contribution is 1.04. The van der Waals surface area contributed by atoms with Crippen LogP contribution >= 0.6 is 27.3 Å². The summed E-state index contributed by atoms with van der Waals surface area (Å²) in [7, 11) is 0. The molecule has 0 bridgehead atoms. The molecule has 0 unspecified atom stereocenters. The molecule has 1 aromatic heterocycles. The van der Waals surface area contributed by atoms with E-state index in [2.05, 4.69) is 52.0 Å². The van der Waals surface area contributed by atoms with E-state index in [-0.39, 0.29) is 0 Å². The molecule has 0 amide bonds. The van der Waals surface area contributed by atoms with Gasteiger partial charge < -0.3 is 0 Å². The molecule has 1 aromatic carbocycles. The topological polar surface area (TPSA) is 0 Å². The summed E-state index contributed by atoms with van der Waals surface area (Å²) < 4.78 is 1.18. The number of benzene rings is 1. The summed E-state index contributed by atoms with van der Waals surface area (Å²) in [5.41, 5.74) is 4.36. The largest absolute Gasteiger partial charge is 0.143 e. The van der Waals surface area contributed by atoms with Crippen molar-refractivity contribution in [3.8, 4) is 10.4 Å². The standard InChI is InChI=1S/C13H10BrS/c14-10-7-13(15-8-10)12-6-2-4-9-3-1-5-11(9)12/h2-4,6-8H,1,5H2. The van der Waals surface area contributed by atoms with Gasteiger partial charge in [-0.2, -0.15) is 0 Å². The molecule has 3 rings (SSSR count). The van der Waals surface area contributed by atoms with Crippen LogP contribution in [0.5, 0.6) is 0 Å². The summed E-state index contributed by atoms with van der Waals surface area (Å²) in [5, 5.41) is 2.15. The Morgan fingerprint density at radius 1 is 1.27 bits per heavy atom. The SMILES string of the molecule is Brc1csc(-c2cccc3c2CC[CH]3)c1. The van der Waals surface area contributed by atoms with Gasteiger partial charge in [0, 0.05) is 14.7 Å². The quantitative estimate of drug-likeness (QED) is 0.710. The van der Waals surface area contributed by atoms with Gasteiger partial charge in [0.05, 0.1) is 0 Å². The minimum Gasteiger partial charge on any atom is -0.143 e. The van der Waals surface area contributed by atoms with Gasteiger partial charge >= 0.3 is 0 Å². The van der Waals surface area contributed by atoms with Gasteiger partial charge in [0.15, 0.2) is 0 Å². The second-order valence-corrected chi connectivity index (χ2v) is 5.57. The van der Waals surface area contributed by atoms with Crippen molar-refractivity contribution in [2.24, 2.45) is 0 Å². The average molecular weight is 278 g/mol. The molecule has 2 heteroatoms. The number of halogens is 1. The van der Waals surface area contributed by atoms with E-state index in [1.807, 2.05) is 11.3 Å². The molecular formula is C13H10BrS. The minimum atomic E-state index is 1.18. The Kier molecular flexibility index (Phi) is 2.41. The molecule has 1 radical (unpaired) electrons. The summed E-state index contributed by atoms with van der Waals surface area (Å²) >= 11 is 5.32. The first kappa shape index (κ1) is 9.61. The lowest BCUT2D eigenvalue weighted by atomic mass is 10.0. The zero-order valence-electron chi connectivity index (χ0n) is 8.16. The first-order valence-corrected chi connectivity index (χ1v) is 6.71. The van der Waals surface area contributed by atoms with E-state index >= 15 is 0 Å². The number of fused-ring (bicyclic) bond motifs is 1. The summed E-state index contributed by atoms with van der Waals surface area (Å²) in [6, 6.07) is 8.81. The maximum Gasteiger partial charge on any atom is 0.0357 e. The molecule has 0 saturated heterocycles. The van der Waals surface area contributed by atoms with E-state index in [0.29, 0.717) is 0 Å². The van der Waals surface area contributed by atoms with Crippen LogP contribution in [-0.4, -0.2) is 0 Å². The van der Waals surface area contributed by atoms with Crippen LogP contribution in [0.1, 0.15) is 17.5 Å². The third-order valence-corrected chi connectivity index (χ3v) is 4.53. The fourth-order valence-corrected chi connectivity index (χ4v) is 3.61. The average Bonchev–Trinajstić information content (AvgIpc) is 2.84. The molecule has 2 aromatic rings. The molecule has 75 valence electrons. The highest BCUT2D eigenvalue weighted by Crippen LogP contribution is 2.37. The number of hydrogen-bond donors (Lipinski definition) is 0. The van der Waals surface area contributed by atoms with Crippen molar-refractivity contribution < 1.29 is 0 Å². The van der Waals surface area contributed by atoms with E-state index < -0.39 is 0 Å². The lowest BCUT2D eigenvalue weighted by Crippen LogP contribution is -1.85. The normalized spacial score (nSPS) is 14.2. The Hall–Kier alpha value is -0.600. The second-order valence-electron chi connectivity index (χ2n) is 3.75. The first-order chi connectivity index (χ1) is 7.34. The van der Waals surface area contributed by atoms with Crippen LogP contribution in [-0.2, 0) is 6.42 Å². The van der Waals surface area contributed by atoms with E-state index in [9.17, 15) is 0 Å². The molecule has 0 saturated carbocycles. The molecule has 1 heterocycles. The van der Waals surface area contributed by atoms with Crippen molar-refractivity contribution in [1.82, 2.24) is 0 Å². The van der Waals surface area contributed by atoms with Gasteiger partial charge in [-0.05, 0) is 57.9 Å². The van der Waals surface area contributed by atoms with Gasteiger partial charge in [0.1, 0.15) is 0 Å². The molecule has 0 atom stereocenters. The van der Waals surface area contributed by atoms with Gasteiger partial charge in [-0.1, -0.05) is 18.2 Å². The van der Waals surface area contributed by atoms with Crippen molar-refractivity contribution in [3.05, 3.63) is 51.7 Å². The highest BCUT2D eigenvalue weighted by Gasteiger charge is 2.16. The molecule has 1 aliphatic carbocycles.